The van der Waals surface area contributed by atoms with Crippen LogP contribution < -0.4 is 5.73 Å². The molecule has 94 valence electrons. The van der Waals surface area contributed by atoms with E-state index in [-0.39, 0.29) is 0 Å². The molecule has 2 rings (SSSR count). The number of thiocarbonyl (C=S) groups is 1. The fraction of sp³-hybridized carbons (Fsp3) is 0.231. The lowest BCUT2D eigenvalue weighted by Gasteiger charge is -2.10. The van der Waals surface area contributed by atoms with Gasteiger partial charge >= 0.3 is 0 Å². The maximum atomic E-state index is 6.27. The van der Waals surface area contributed by atoms with E-state index in [2.05, 4.69) is 11.9 Å². The molecule has 0 unspecified atom stereocenters. The lowest BCUT2D eigenvalue weighted by atomic mass is 10.2. The zero-order valence-electron chi connectivity index (χ0n) is 10.1. The van der Waals surface area contributed by atoms with Crippen molar-refractivity contribution in [2.45, 2.75) is 19.8 Å². The first-order valence-electron chi connectivity index (χ1n) is 5.75. The molecule has 18 heavy (non-hydrogen) atoms. The molecular weight excluding hydrogens is 266 g/mol. The Morgan fingerprint density at radius 2 is 2.28 bits per heavy atom. The zero-order valence-corrected chi connectivity index (χ0v) is 11.6. The number of rotatable bonds is 4. The topological polar surface area (TPSA) is 43.8 Å². The van der Waals surface area contributed by atoms with Crippen molar-refractivity contribution in [2.75, 3.05) is 0 Å². The van der Waals surface area contributed by atoms with Gasteiger partial charge in [-0.15, -0.1) is 0 Å². The van der Waals surface area contributed by atoms with E-state index in [1.54, 1.807) is 12.3 Å². The number of hydrogen-bond donors (Lipinski definition) is 1. The van der Waals surface area contributed by atoms with Crippen LogP contribution in [0.25, 0.3) is 5.69 Å². The Bertz CT molecular complexity index is 577. The second kappa shape index (κ2) is 5.50. The maximum Gasteiger partial charge on any atom is 0.113 e. The van der Waals surface area contributed by atoms with Crippen LogP contribution in [-0.2, 0) is 6.42 Å². The molecule has 0 aliphatic carbocycles. The summed E-state index contributed by atoms with van der Waals surface area (Å²) < 4.78 is 2.00. The largest absolute Gasteiger partial charge is 0.389 e. The standard InChI is InChI=1S/C13H14ClN3S/c1-2-3-12-16-6-7-17(12)11-5-4-9(13(15)18)8-10(11)14/h4-8H,2-3H2,1H3,(H2,15,18). The van der Waals surface area contributed by atoms with E-state index in [1.165, 1.54) is 0 Å². The van der Waals surface area contributed by atoms with Gasteiger partial charge in [-0.05, 0) is 24.6 Å². The number of nitrogens with zero attached hydrogens (tertiary/aromatic N) is 2. The van der Waals surface area contributed by atoms with Crippen molar-refractivity contribution in [3.8, 4) is 5.69 Å². The summed E-state index contributed by atoms with van der Waals surface area (Å²) in [6.07, 6.45) is 5.65. The van der Waals surface area contributed by atoms with Gasteiger partial charge < -0.3 is 10.3 Å². The Hall–Kier alpha value is -1.39. The van der Waals surface area contributed by atoms with E-state index >= 15 is 0 Å². The molecule has 3 nitrogen and oxygen atoms in total. The molecular formula is C13H14ClN3S. The molecule has 1 heterocycles. The van der Waals surface area contributed by atoms with Gasteiger partial charge in [-0.3, -0.25) is 0 Å². The number of imidazole rings is 1. The third-order valence-corrected chi connectivity index (χ3v) is 3.22. The van der Waals surface area contributed by atoms with E-state index in [0.717, 1.165) is 29.9 Å². The number of hydrogen-bond acceptors (Lipinski definition) is 2. The first kappa shape index (κ1) is 13.1. The quantitative estimate of drug-likeness (QED) is 0.875. The van der Waals surface area contributed by atoms with Gasteiger partial charge in [0.15, 0.2) is 0 Å². The van der Waals surface area contributed by atoms with Crippen molar-refractivity contribution in [1.82, 2.24) is 9.55 Å². The smallest absolute Gasteiger partial charge is 0.113 e. The predicted molar refractivity (Wildman–Crippen MR) is 78.5 cm³/mol. The third kappa shape index (κ3) is 2.54. The molecule has 0 radical (unpaired) electrons. The van der Waals surface area contributed by atoms with Gasteiger partial charge in [0.05, 0.1) is 10.7 Å². The van der Waals surface area contributed by atoms with Crippen LogP contribution in [0.15, 0.2) is 30.6 Å². The number of nitrogens with two attached hydrogens (primary N) is 1. The summed E-state index contributed by atoms with van der Waals surface area (Å²) in [6, 6.07) is 5.58. The summed E-state index contributed by atoms with van der Waals surface area (Å²) >= 11 is 11.2. The highest BCUT2D eigenvalue weighted by atomic mass is 35.5. The Kier molecular flexibility index (Phi) is 3.99. The molecule has 0 bridgehead atoms. The van der Waals surface area contributed by atoms with E-state index < -0.39 is 0 Å². The SMILES string of the molecule is CCCc1nccn1-c1ccc(C(N)=S)cc1Cl. The van der Waals surface area contributed by atoms with Crippen LogP contribution in [0.2, 0.25) is 5.02 Å². The molecule has 0 saturated carbocycles. The Labute approximate surface area is 117 Å². The van der Waals surface area contributed by atoms with Crippen molar-refractivity contribution >= 4 is 28.8 Å². The minimum atomic E-state index is 0.350. The van der Waals surface area contributed by atoms with Gasteiger partial charge in [-0.2, -0.15) is 0 Å². The van der Waals surface area contributed by atoms with Crippen LogP contribution in [0.3, 0.4) is 0 Å². The Balaban J connectivity index is 2.44. The van der Waals surface area contributed by atoms with Crippen molar-refractivity contribution in [1.29, 1.82) is 0 Å². The monoisotopic (exact) mass is 279 g/mol. The van der Waals surface area contributed by atoms with Gasteiger partial charge in [-0.25, -0.2) is 4.98 Å². The first-order chi connectivity index (χ1) is 8.63. The molecule has 0 aliphatic rings. The van der Waals surface area contributed by atoms with E-state index in [9.17, 15) is 0 Å². The van der Waals surface area contributed by atoms with Crippen LogP contribution in [0, 0.1) is 0 Å². The van der Waals surface area contributed by atoms with Crippen LogP contribution in [-0.4, -0.2) is 14.5 Å². The maximum absolute atomic E-state index is 6.27. The summed E-state index contributed by atoms with van der Waals surface area (Å²) in [7, 11) is 0. The van der Waals surface area contributed by atoms with Gasteiger partial charge in [0.1, 0.15) is 10.8 Å². The summed E-state index contributed by atoms with van der Waals surface area (Å²) in [6.45, 7) is 2.12. The lowest BCUT2D eigenvalue weighted by molar-refractivity contribution is 0.809. The van der Waals surface area contributed by atoms with Crippen LogP contribution in [0.5, 0.6) is 0 Å². The summed E-state index contributed by atoms with van der Waals surface area (Å²) in [5, 5.41) is 0.621. The summed E-state index contributed by atoms with van der Waals surface area (Å²) in [4.78, 5) is 4.68. The summed E-state index contributed by atoms with van der Waals surface area (Å²) in [5.74, 6) is 1.00. The molecule has 0 atom stereocenters. The van der Waals surface area contributed by atoms with E-state index in [1.807, 2.05) is 22.9 Å². The number of aryl methyl sites for hydroxylation is 1. The molecule has 2 N–H and O–H groups in total. The van der Waals surface area contributed by atoms with Crippen molar-refractivity contribution in [3.05, 3.63) is 47.0 Å². The van der Waals surface area contributed by atoms with Gasteiger partial charge in [-0.1, -0.05) is 30.7 Å². The highest BCUT2D eigenvalue weighted by Crippen LogP contribution is 2.23. The van der Waals surface area contributed by atoms with Crippen LogP contribution in [0.1, 0.15) is 24.7 Å². The van der Waals surface area contributed by atoms with E-state index in [4.69, 9.17) is 29.6 Å². The highest BCUT2D eigenvalue weighted by Gasteiger charge is 2.09. The zero-order chi connectivity index (χ0) is 13.1. The van der Waals surface area contributed by atoms with Gasteiger partial charge in [0, 0.05) is 24.4 Å². The number of halogens is 1. The van der Waals surface area contributed by atoms with Crippen molar-refractivity contribution in [2.24, 2.45) is 5.73 Å². The average Bonchev–Trinajstić information content (AvgIpc) is 2.77. The van der Waals surface area contributed by atoms with Crippen LogP contribution >= 0.6 is 23.8 Å². The fourth-order valence-electron chi connectivity index (χ4n) is 1.82. The van der Waals surface area contributed by atoms with Crippen molar-refractivity contribution in [3.63, 3.8) is 0 Å². The second-order valence-electron chi connectivity index (χ2n) is 3.99. The van der Waals surface area contributed by atoms with Gasteiger partial charge in [0.2, 0.25) is 0 Å². The summed E-state index contributed by atoms with van der Waals surface area (Å²) in [5.41, 5.74) is 7.26. The molecule has 0 spiro atoms. The Morgan fingerprint density at radius 3 is 2.89 bits per heavy atom. The normalized spacial score (nSPS) is 10.6. The Morgan fingerprint density at radius 1 is 1.50 bits per heavy atom. The van der Waals surface area contributed by atoms with Crippen molar-refractivity contribution < 1.29 is 0 Å². The van der Waals surface area contributed by atoms with Gasteiger partial charge in [0.25, 0.3) is 0 Å². The lowest BCUT2D eigenvalue weighted by Crippen LogP contribution is -2.10. The molecule has 1 aromatic carbocycles. The number of aromatic nitrogens is 2. The minimum absolute atomic E-state index is 0.350. The second-order valence-corrected chi connectivity index (χ2v) is 4.84. The molecule has 0 fully saturated rings. The van der Waals surface area contributed by atoms with Crippen LogP contribution in [0.4, 0.5) is 0 Å². The third-order valence-electron chi connectivity index (χ3n) is 2.68. The minimum Gasteiger partial charge on any atom is -0.389 e. The molecule has 1 aromatic heterocycles. The molecule has 5 heteroatoms. The highest BCUT2D eigenvalue weighted by molar-refractivity contribution is 7.80. The first-order valence-corrected chi connectivity index (χ1v) is 6.54. The molecule has 2 aromatic rings. The fourth-order valence-corrected chi connectivity index (χ4v) is 2.22. The average molecular weight is 280 g/mol. The number of benzene rings is 1. The predicted octanol–water partition coefficient (Wildman–Crippen LogP) is 3.11. The van der Waals surface area contributed by atoms with E-state index in [0.29, 0.717) is 10.0 Å². The molecule has 0 saturated heterocycles. The molecule has 0 amide bonds. The molecule has 0 aliphatic heterocycles.